The van der Waals surface area contributed by atoms with E-state index in [4.69, 9.17) is 4.74 Å². The van der Waals surface area contributed by atoms with Crippen LogP contribution in [0.3, 0.4) is 0 Å². The molecule has 0 atom stereocenters. The summed E-state index contributed by atoms with van der Waals surface area (Å²) in [6.45, 7) is 0.828. The monoisotopic (exact) mass is 352 g/mol. The van der Waals surface area contributed by atoms with E-state index < -0.39 is 0 Å². The number of para-hydroxylation sites is 1. The quantitative estimate of drug-likeness (QED) is 0.747. The fourth-order valence-corrected chi connectivity index (χ4v) is 3.53. The number of amides is 1. The van der Waals surface area contributed by atoms with Gasteiger partial charge in [0.05, 0.1) is 7.11 Å². The lowest BCUT2D eigenvalue weighted by Gasteiger charge is -2.20. The smallest absolute Gasteiger partial charge is 0.227 e. The van der Waals surface area contributed by atoms with E-state index in [1.807, 2.05) is 42.5 Å². The minimum atomic E-state index is 0.168. The van der Waals surface area contributed by atoms with Crippen LogP contribution < -0.4 is 15.4 Å². The van der Waals surface area contributed by atoms with Gasteiger partial charge in [0.1, 0.15) is 5.75 Å². The molecule has 2 aromatic rings. The lowest BCUT2D eigenvalue weighted by molar-refractivity contribution is -0.120. The Morgan fingerprint density at radius 1 is 1.00 bits per heavy atom. The minimum absolute atomic E-state index is 0.168. The first kappa shape index (κ1) is 18.3. The van der Waals surface area contributed by atoms with Crippen molar-refractivity contribution in [2.75, 3.05) is 24.3 Å². The Kier molecular flexibility index (Phi) is 6.53. The summed E-state index contributed by atoms with van der Waals surface area (Å²) < 4.78 is 5.38. The van der Waals surface area contributed by atoms with E-state index in [9.17, 15) is 4.79 Å². The second kappa shape index (κ2) is 9.27. The predicted molar refractivity (Wildman–Crippen MR) is 107 cm³/mol. The highest BCUT2D eigenvalue weighted by Crippen LogP contribution is 2.25. The SMILES string of the molecule is COc1ccccc1CCNc1ccc(NC(=O)C2CCCCC2)cc1. The van der Waals surface area contributed by atoms with Crippen molar-refractivity contribution in [1.82, 2.24) is 0 Å². The zero-order chi connectivity index (χ0) is 18.2. The van der Waals surface area contributed by atoms with Crippen LogP contribution in [0.5, 0.6) is 5.75 Å². The topological polar surface area (TPSA) is 50.4 Å². The number of methoxy groups -OCH3 is 1. The van der Waals surface area contributed by atoms with E-state index in [0.29, 0.717) is 0 Å². The van der Waals surface area contributed by atoms with Crippen LogP contribution in [0.25, 0.3) is 0 Å². The van der Waals surface area contributed by atoms with Gasteiger partial charge in [-0.3, -0.25) is 4.79 Å². The number of nitrogens with one attached hydrogen (secondary N) is 2. The first-order valence-corrected chi connectivity index (χ1v) is 9.53. The average molecular weight is 352 g/mol. The molecule has 138 valence electrons. The number of hydrogen-bond acceptors (Lipinski definition) is 3. The van der Waals surface area contributed by atoms with Crippen LogP contribution in [0.1, 0.15) is 37.7 Å². The Labute approximate surface area is 156 Å². The Balaban J connectivity index is 1.47. The molecule has 2 aromatic carbocycles. The van der Waals surface area contributed by atoms with Crippen LogP contribution in [-0.2, 0) is 11.2 Å². The van der Waals surface area contributed by atoms with Gasteiger partial charge in [0, 0.05) is 23.8 Å². The van der Waals surface area contributed by atoms with Gasteiger partial charge >= 0.3 is 0 Å². The minimum Gasteiger partial charge on any atom is -0.496 e. The van der Waals surface area contributed by atoms with Crippen molar-refractivity contribution in [3.05, 3.63) is 54.1 Å². The number of ether oxygens (including phenoxy) is 1. The third-order valence-electron chi connectivity index (χ3n) is 5.04. The molecule has 0 unspecified atom stereocenters. The van der Waals surface area contributed by atoms with Gasteiger partial charge in [-0.15, -0.1) is 0 Å². The molecule has 0 heterocycles. The maximum Gasteiger partial charge on any atom is 0.227 e. The normalized spacial score (nSPS) is 14.7. The number of carbonyl (C=O) groups is 1. The van der Waals surface area contributed by atoms with Gasteiger partial charge < -0.3 is 15.4 Å². The summed E-state index contributed by atoms with van der Waals surface area (Å²) in [5.41, 5.74) is 3.12. The zero-order valence-electron chi connectivity index (χ0n) is 15.5. The molecule has 1 amide bonds. The third kappa shape index (κ3) is 5.01. The first-order chi connectivity index (χ1) is 12.8. The molecule has 0 radical (unpaired) electrons. The van der Waals surface area contributed by atoms with Crippen molar-refractivity contribution < 1.29 is 9.53 Å². The summed E-state index contributed by atoms with van der Waals surface area (Å²) in [4.78, 5) is 12.3. The summed E-state index contributed by atoms with van der Waals surface area (Å²) in [6.07, 6.45) is 6.55. The number of hydrogen-bond donors (Lipinski definition) is 2. The van der Waals surface area contributed by atoms with Crippen molar-refractivity contribution >= 4 is 17.3 Å². The van der Waals surface area contributed by atoms with Crippen LogP contribution in [0.4, 0.5) is 11.4 Å². The van der Waals surface area contributed by atoms with E-state index in [1.54, 1.807) is 7.11 Å². The fraction of sp³-hybridized carbons (Fsp3) is 0.409. The summed E-state index contributed by atoms with van der Waals surface area (Å²) in [6, 6.07) is 16.0. The Hall–Kier alpha value is -2.49. The molecule has 4 heteroatoms. The maximum absolute atomic E-state index is 12.3. The number of carbonyl (C=O) groups excluding carboxylic acids is 1. The predicted octanol–water partition coefficient (Wildman–Crippen LogP) is 4.87. The number of anilines is 2. The van der Waals surface area contributed by atoms with Crippen LogP contribution >= 0.6 is 0 Å². The van der Waals surface area contributed by atoms with Crippen molar-refractivity contribution in [2.45, 2.75) is 38.5 Å². The summed E-state index contributed by atoms with van der Waals surface area (Å²) in [5.74, 6) is 1.28. The molecular weight excluding hydrogens is 324 g/mol. The molecule has 1 fully saturated rings. The molecule has 0 saturated heterocycles. The Bertz CT molecular complexity index is 706. The van der Waals surface area contributed by atoms with E-state index in [-0.39, 0.29) is 11.8 Å². The lowest BCUT2D eigenvalue weighted by atomic mass is 9.88. The molecule has 3 rings (SSSR count). The van der Waals surface area contributed by atoms with Gasteiger partial charge in [-0.25, -0.2) is 0 Å². The molecule has 0 aliphatic heterocycles. The molecule has 0 bridgehead atoms. The first-order valence-electron chi connectivity index (χ1n) is 9.53. The van der Waals surface area contributed by atoms with Crippen LogP contribution in [0.2, 0.25) is 0 Å². The molecule has 0 aromatic heterocycles. The van der Waals surface area contributed by atoms with Gasteiger partial charge in [0.15, 0.2) is 0 Å². The summed E-state index contributed by atoms with van der Waals surface area (Å²) >= 11 is 0. The van der Waals surface area contributed by atoms with E-state index >= 15 is 0 Å². The largest absolute Gasteiger partial charge is 0.496 e. The highest BCUT2D eigenvalue weighted by molar-refractivity contribution is 5.92. The highest BCUT2D eigenvalue weighted by Gasteiger charge is 2.20. The van der Waals surface area contributed by atoms with Crippen molar-refractivity contribution in [2.24, 2.45) is 5.92 Å². The van der Waals surface area contributed by atoms with Gasteiger partial charge in [0.2, 0.25) is 5.91 Å². The van der Waals surface area contributed by atoms with E-state index in [1.165, 1.54) is 24.8 Å². The van der Waals surface area contributed by atoms with Gasteiger partial charge in [-0.1, -0.05) is 37.5 Å². The molecule has 1 saturated carbocycles. The number of benzene rings is 2. The molecule has 1 aliphatic rings. The summed E-state index contributed by atoms with van der Waals surface area (Å²) in [5, 5.41) is 6.47. The van der Waals surface area contributed by atoms with E-state index in [2.05, 4.69) is 16.7 Å². The van der Waals surface area contributed by atoms with Gasteiger partial charge in [-0.05, 0) is 55.2 Å². The van der Waals surface area contributed by atoms with Crippen molar-refractivity contribution in [1.29, 1.82) is 0 Å². The summed E-state index contributed by atoms with van der Waals surface area (Å²) in [7, 11) is 1.70. The molecule has 1 aliphatic carbocycles. The highest BCUT2D eigenvalue weighted by atomic mass is 16.5. The molecule has 26 heavy (non-hydrogen) atoms. The molecule has 4 nitrogen and oxygen atoms in total. The van der Waals surface area contributed by atoms with Crippen LogP contribution in [-0.4, -0.2) is 19.6 Å². The van der Waals surface area contributed by atoms with Gasteiger partial charge in [-0.2, -0.15) is 0 Å². The maximum atomic E-state index is 12.3. The van der Waals surface area contributed by atoms with Crippen molar-refractivity contribution in [3.8, 4) is 5.75 Å². The Morgan fingerprint density at radius 2 is 1.69 bits per heavy atom. The third-order valence-corrected chi connectivity index (χ3v) is 5.04. The van der Waals surface area contributed by atoms with Crippen LogP contribution in [0.15, 0.2) is 48.5 Å². The Morgan fingerprint density at radius 3 is 2.42 bits per heavy atom. The molecule has 0 spiro atoms. The van der Waals surface area contributed by atoms with Crippen molar-refractivity contribution in [3.63, 3.8) is 0 Å². The number of rotatable bonds is 7. The second-order valence-electron chi connectivity index (χ2n) is 6.89. The average Bonchev–Trinajstić information content (AvgIpc) is 2.70. The lowest BCUT2D eigenvalue weighted by Crippen LogP contribution is -2.24. The van der Waals surface area contributed by atoms with E-state index in [0.717, 1.165) is 42.9 Å². The van der Waals surface area contributed by atoms with Crippen LogP contribution in [0, 0.1) is 5.92 Å². The molecule has 2 N–H and O–H groups in total. The van der Waals surface area contributed by atoms with Gasteiger partial charge in [0.25, 0.3) is 0 Å². The second-order valence-corrected chi connectivity index (χ2v) is 6.89. The zero-order valence-corrected chi connectivity index (χ0v) is 15.5. The fourth-order valence-electron chi connectivity index (χ4n) is 3.53. The molecular formula is C22H28N2O2. The standard InChI is InChI=1S/C22H28N2O2/c1-26-21-10-6-5-7-17(21)15-16-23-19-11-13-20(14-12-19)24-22(25)18-8-3-2-4-9-18/h5-7,10-14,18,23H,2-4,8-9,15-16H2,1H3,(H,24,25).